The molecular weight excluding hydrogens is 562 g/mol. The number of carbonyl (C=O) groups is 4. The highest BCUT2D eigenvalue weighted by atomic mass is 35.5. The SMILES string of the molecule is C=CCCC(=O)NC[C@@H](C)OC(=O)[C@@H]1[C@@H]2CC[C@]3(O2)[C@H](C(=O)N(CC=C)c2ccccc2Cl)N(CCCCO)C(=O)[C@@H]13. The molecule has 2 N–H and O–H groups in total. The highest BCUT2D eigenvalue weighted by Gasteiger charge is 2.75. The Morgan fingerprint density at radius 3 is 2.74 bits per heavy atom. The summed E-state index contributed by atoms with van der Waals surface area (Å²) in [7, 11) is 0. The lowest BCUT2D eigenvalue weighted by Crippen LogP contribution is -2.56. The van der Waals surface area contributed by atoms with E-state index in [1.54, 1.807) is 43.3 Å². The van der Waals surface area contributed by atoms with E-state index in [-0.39, 0.29) is 44.0 Å². The second-order valence-electron chi connectivity index (χ2n) is 11.1. The first-order valence-electron chi connectivity index (χ1n) is 14.5. The Bertz CT molecular complexity index is 1210. The van der Waals surface area contributed by atoms with Gasteiger partial charge in [0.2, 0.25) is 11.8 Å². The number of esters is 1. The maximum absolute atomic E-state index is 14.4. The van der Waals surface area contributed by atoms with Gasteiger partial charge in [0.05, 0.1) is 35.2 Å². The number of aliphatic hydroxyl groups is 1. The molecule has 0 saturated carbocycles. The maximum atomic E-state index is 14.4. The lowest BCUT2D eigenvalue weighted by Gasteiger charge is -2.37. The molecule has 0 unspecified atom stereocenters. The number of anilines is 1. The molecule has 3 fully saturated rings. The molecule has 3 aliphatic rings. The van der Waals surface area contributed by atoms with Crippen LogP contribution in [0.1, 0.15) is 45.4 Å². The zero-order valence-corrected chi connectivity index (χ0v) is 24.8. The molecule has 0 radical (unpaired) electrons. The van der Waals surface area contributed by atoms with Crippen molar-refractivity contribution in [2.75, 3.05) is 31.1 Å². The van der Waals surface area contributed by atoms with Gasteiger partial charge in [0.15, 0.2) is 0 Å². The predicted molar refractivity (Wildman–Crippen MR) is 158 cm³/mol. The van der Waals surface area contributed by atoms with Crippen molar-refractivity contribution < 1.29 is 33.8 Å². The zero-order valence-electron chi connectivity index (χ0n) is 24.0. The molecule has 6 atom stereocenters. The Kier molecular flexibility index (Phi) is 10.5. The molecule has 1 aromatic carbocycles. The second kappa shape index (κ2) is 13.8. The summed E-state index contributed by atoms with van der Waals surface area (Å²) in [5.74, 6) is -3.22. The normalized spacial score (nSPS) is 26.5. The standard InChI is InChI=1S/C31H40ClN3O7/c1-4-6-13-24(37)33-19-20(3)41-30(40)25-23-14-15-31(42-23)26(25)28(38)35(17-9-10-18-36)27(31)29(39)34(16-5-2)22-12-8-7-11-21(22)32/h4-5,7-8,11-12,20,23,25-27,36H,1-2,6,9-10,13-19H2,3H3,(H,33,37)/t20-,23+,25-,26-,27+,31-/m1/s1. The first kappa shape index (κ1) is 31.7. The van der Waals surface area contributed by atoms with E-state index in [0.717, 1.165) is 0 Å². The molecule has 3 saturated heterocycles. The van der Waals surface area contributed by atoms with Crippen molar-refractivity contribution in [3.8, 4) is 0 Å². The van der Waals surface area contributed by atoms with Crippen LogP contribution in [0.25, 0.3) is 0 Å². The average molecular weight is 602 g/mol. The quantitative estimate of drug-likeness (QED) is 0.180. The number of carbonyl (C=O) groups excluding carboxylic acids is 4. The van der Waals surface area contributed by atoms with Gasteiger partial charge in [-0.3, -0.25) is 19.2 Å². The van der Waals surface area contributed by atoms with Crippen molar-refractivity contribution in [2.24, 2.45) is 11.8 Å². The van der Waals surface area contributed by atoms with Crippen molar-refractivity contribution >= 4 is 41.0 Å². The number of ether oxygens (including phenoxy) is 2. The third kappa shape index (κ3) is 6.11. The van der Waals surface area contributed by atoms with Gasteiger partial charge < -0.3 is 29.7 Å². The molecule has 1 aromatic rings. The molecule has 0 aliphatic carbocycles. The second-order valence-corrected chi connectivity index (χ2v) is 11.5. The first-order chi connectivity index (χ1) is 20.2. The van der Waals surface area contributed by atoms with Gasteiger partial charge >= 0.3 is 5.97 Å². The summed E-state index contributed by atoms with van der Waals surface area (Å²) in [6.07, 6.45) is 4.75. The molecule has 10 nitrogen and oxygen atoms in total. The number of rotatable bonds is 15. The molecule has 0 aromatic heterocycles. The van der Waals surface area contributed by atoms with Crippen molar-refractivity contribution in [2.45, 2.75) is 69.3 Å². The molecule has 3 aliphatic heterocycles. The van der Waals surface area contributed by atoms with Gasteiger partial charge in [-0.15, -0.1) is 13.2 Å². The van der Waals surface area contributed by atoms with Crippen molar-refractivity contribution in [3.05, 3.63) is 54.6 Å². The number of allylic oxidation sites excluding steroid dienone is 1. The van der Waals surface area contributed by atoms with Crippen LogP contribution in [0.4, 0.5) is 5.69 Å². The first-order valence-corrected chi connectivity index (χ1v) is 14.9. The highest BCUT2D eigenvalue weighted by Crippen LogP contribution is 2.59. The number of likely N-dealkylation sites (tertiary alicyclic amines) is 1. The van der Waals surface area contributed by atoms with Gasteiger partial charge in [-0.05, 0) is 51.2 Å². The summed E-state index contributed by atoms with van der Waals surface area (Å²) in [4.78, 5) is 57.0. The summed E-state index contributed by atoms with van der Waals surface area (Å²) in [6.45, 7) is 9.55. The number of benzene rings is 1. The van der Waals surface area contributed by atoms with Crippen molar-refractivity contribution in [1.82, 2.24) is 10.2 Å². The molecule has 228 valence electrons. The number of hydrogen-bond donors (Lipinski definition) is 2. The molecular formula is C31H40ClN3O7. The minimum atomic E-state index is -1.20. The summed E-state index contributed by atoms with van der Waals surface area (Å²) in [5.41, 5.74) is -0.719. The van der Waals surface area contributed by atoms with Gasteiger partial charge in [-0.25, -0.2) is 0 Å². The van der Waals surface area contributed by atoms with E-state index in [1.807, 2.05) is 0 Å². The summed E-state index contributed by atoms with van der Waals surface area (Å²) < 4.78 is 12.2. The average Bonchev–Trinajstić information content (AvgIpc) is 3.61. The Labute approximate surface area is 251 Å². The van der Waals surface area contributed by atoms with Gasteiger partial charge in [0.25, 0.3) is 5.91 Å². The lowest BCUT2D eigenvalue weighted by atomic mass is 9.70. The van der Waals surface area contributed by atoms with Crippen LogP contribution in [0.2, 0.25) is 5.02 Å². The van der Waals surface area contributed by atoms with Crippen LogP contribution in [-0.4, -0.2) is 83.8 Å². The number of halogens is 1. The largest absolute Gasteiger partial charge is 0.460 e. The fourth-order valence-electron chi connectivity index (χ4n) is 6.49. The van der Waals surface area contributed by atoms with E-state index in [9.17, 15) is 24.3 Å². The number of nitrogens with zero attached hydrogens (tertiary/aromatic N) is 2. The Morgan fingerprint density at radius 2 is 2.05 bits per heavy atom. The molecule has 4 rings (SSSR count). The maximum Gasteiger partial charge on any atom is 0.312 e. The van der Waals surface area contributed by atoms with Crippen LogP contribution in [0.3, 0.4) is 0 Å². The lowest BCUT2D eigenvalue weighted by molar-refractivity contribution is -0.159. The third-order valence-electron chi connectivity index (χ3n) is 8.31. The topological polar surface area (TPSA) is 125 Å². The van der Waals surface area contributed by atoms with E-state index < -0.39 is 41.7 Å². The van der Waals surface area contributed by atoms with Crippen molar-refractivity contribution in [1.29, 1.82) is 0 Å². The number of aliphatic hydroxyl groups excluding tert-OH is 1. The third-order valence-corrected chi connectivity index (χ3v) is 8.63. The molecule has 3 heterocycles. The van der Waals surface area contributed by atoms with E-state index in [4.69, 9.17) is 21.1 Å². The number of hydrogen-bond acceptors (Lipinski definition) is 7. The number of amides is 3. The van der Waals surface area contributed by atoms with Gasteiger partial charge in [0.1, 0.15) is 17.7 Å². The Balaban J connectivity index is 1.60. The molecule has 11 heteroatoms. The Hall–Kier alpha value is -3.21. The van der Waals surface area contributed by atoms with Crippen LogP contribution in [0.15, 0.2) is 49.6 Å². The highest BCUT2D eigenvalue weighted by molar-refractivity contribution is 6.34. The summed E-state index contributed by atoms with van der Waals surface area (Å²) in [6, 6.07) is 5.97. The van der Waals surface area contributed by atoms with E-state index in [0.29, 0.717) is 49.2 Å². The summed E-state index contributed by atoms with van der Waals surface area (Å²) in [5, 5.41) is 12.5. The fourth-order valence-corrected chi connectivity index (χ4v) is 6.72. The number of fused-ring (bicyclic) bond motifs is 1. The number of nitrogens with one attached hydrogen (secondary N) is 1. The van der Waals surface area contributed by atoms with E-state index >= 15 is 0 Å². The monoisotopic (exact) mass is 601 g/mol. The van der Waals surface area contributed by atoms with E-state index in [1.165, 1.54) is 9.80 Å². The van der Waals surface area contributed by atoms with Crippen molar-refractivity contribution in [3.63, 3.8) is 0 Å². The van der Waals surface area contributed by atoms with Gasteiger partial charge in [0, 0.05) is 26.1 Å². The van der Waals surface area contributed by atoms with Gasteiger partial charge in [-0.2, -0.15) is 0 Å². The van der Waals surface area contributed by atoms with Crippen LogP contribution in [-0.2, 0) is 28.7 Å². The van der Waals surface area contributed by atoms with Crippen LogP contribution < -0.4 is 10.2 Å². The molecule has 2 bridgehead atoms. The van der Waals surface area contributed by atoms with Gasteiger partial charge in [-0.1, -0.05) is 35.9 Å². The molecule has 3 amide bonds. The smallest absolute Gasteiger partial charge is 0.312 e. The fraction of sp³-hybridized carbons (Fsp3) is 0.548. The van der Waals surface area contributed by atoms with E-state index in [2.05, 4.69) is 18.5 Å². The number of para-hydroxylation sites is 1. The summed E-state index contributed by atoms with van der Waals surface area (Å²) >= 11 is 6.48. The zero-order chi connectivity index (χ0) is 30.4. The Morgan fingerprint density at radius 1 is 1.29 bits per heavy atom. The van der Waals surface area contributed by atoms with Crippen LogP contribution in [0, 0.1) is 11.8 Å². The molecule has 1 spiro atoms. The minimum Gasteiger partial charge on any atom is -0.460 e. The molecule has 42 heavy (non-hydrogen) atoms. The minimum absolute atomic E-state index is 0.0486. The number of unbranched alkanes of at least 4 members (excludes halogenated alkanes) is 1. The predicted octanol–water partition coefficient (Wildman–Crippen LogP) is 3.02. The van der Waals surface area contributed by atoms with Crippen LogP contribution >= 0.6 is 11.6 Å². The van der Waals surface area contributed by atoms with Crippen LogP contribution in [0.5, 0.6) is 0 Å².